The van der Waals surface area contributed by atoms with Crippen molar-refractivity contribution in [2.75, 3.05) is 20.3 Å². The average molecular weight is 503 g/mol. The SMILES string of the molecule is COC(=O)C1=C[C@@](O)(COC(C)=O)[C@@H](NC(C)=O)[C@H]([C@H](OC(C)=O)[C@@H](COC(C)=O)OC(C)=O)O1. The van der Waals surface area contributed by atoms with Crippen molar-refractivity contribution in [1.82, 2.24) is 5.32 Å². The molecule has 2 N–H and O–H groups in total. The maximum Gasteiger partial charge on any atom is 0.373 e. The van der Waals surface area contributed by atoms with Crippen LogP contribution in [0.15, 0.2) is 11.8 Å². The Labute approximate surface area is 200 Å². The van der Waals surface area contributed by atoms with E-state index >= 15 is 0 Å². The number of amides is 1. The first-order chi connectivity index (χ1) is 16.2. The van der Waals surface area contributed by atoms with Gasteiger partial charge in [0.25, 0.3) is 0 Å². The van der Waals surface area contributed by atoms with Gasteiger partial charge in [-0.2, -0.15) is 0 Å². The summed E-state index contributed by atoms with van der Waals surface area (Å²) in [5.74, 6) is -5.65. The van der Waals surface area contributed by atoms with Crippen LogP contribution in [0.2, 0.25) is 0 Å². The molecule has 1 aliphatic heterocycles. The molecule has 0 saturated carbocycles. The number of aliphatic hydroxyl groups is 1. The van der Waals surface area contributed by atoms with Gasteiger partial charge in [-0.05, 0) is 0 Å². The predicted octanol–water partition coefficient (Wildman–Crippen LogP) is -1.33. The summed E-state index contributed by atoms with van der Waals surface area (Å²) in [6.07, 6.45) is -3.92. The molecule has 0 bridgehead atoms. The summed E-state index contributed by atoms with van der Waals surface area (Å²) in [6.45, 7) is 3.93. The topological polar surface area (TPSA) is 190 Å². The van der Waals surface area contributed by atoms with Gasteiger partial charge in [0.05, 0.1) is 7.11 Å². The van der Waals surface area contributed by atoms with Crippen LogP contribution in [-0.4, -0.2) is 91.1 Å². The van der Waals surface area contributed by atoms with Crippen LogP contribution < -0.4 is 5.32 Å². The van der Waals surface area contributed by atoms with E-state index in [-0.39, 0.29) is 0 Å². The molecule has 5 atom stereocenters. The van der Waals surface area contributed by atoms with Crippen LogP contribution in [0.3, 0.4) is 0 Å². The Hall–Kier alpha value is -3.68. The fourth-order valence-corrected chi connectivity index (χ4v) is 3.24. The quantitative estimate of drug-likeness (QED) is 0.263. The third-order valence-electron chi connectivity index (χ3n) is 4.52. The number of rotatable bonds is 10. The molecular weight excluding hydrogens is 474 g/mol. The van der Waals surface area contributed by atoms with E-state index < -0.39 is 84.7 Å². The second-order valence-electron chi connectivity index (χ2n) is 7.56. The molecule has 0 aromatic rings. The molecule has 14 nitrogen and oxygen atoms in total. The largest absolute Gasteiger partial charge is 0.477 e. The molecule has 0 aromatic carbocycles. The molecule has 0 fully saturated rings. The van der Waals surface area contributed by atoms with Crippen LogP contribution >= 0.6 is 0 Å². The lowest BCUT2D eigenvalue weighted by Gasteiger charge is -2.45. The summed E-state index contributed by atoms with van der Waals surface area (Å²) in [6, 6.07) is -1.53. The monoisotopic (exact) mass is 503 g/mol. The van der Waals surface area contributed by atoms with Crippen LogP contribution in [0, 0.1) is 0 Å². The Morgan fingerprint density at radius 3 is 2.00 bits per heavy atom. The Morgan fingerprint density at radius 2 is 1.54 bits per heavy atom. The van der Waals surface area contributed by atoms with Gasteiger partial charge in [-0.15, -0.1) is 0 Å². The molecule has 1 rings (SSSR count). The summed E-state index contributed by atoms with van der Waals surface area (Å²) in [5.41, 5.74) is -2.29. The summed E-state index contributed by atoms with van der Waals surface area (Å²) in [4.78, 5) is 70.8. The normalized spacial score (nSPS) is 22.8. The molecule has 14 heteroatoms. The average Bonchev–Trinajstić information content (AvgIpc) is 2.73. The van der Waals surface area contributed by atoms with Crippen LogP contribution in [0.1, 0.15) is 34.6 Å². The Balaban J connectivity index is 3.70. The number of carbonyl (C=O) groups is 6. The Kier molecular flexibility index (Phi) is 10.6. The first-order valence-electron chi connectivity index (χ1n) is 10.3. The van der Waals surface area contributed by atoms with Gasteiger partial charge in [-0.3, -0.25) is 24.0 Å². The van der Waals surface area contributed by atoms with E-state index in [4.69, 9.17) is 23.7 Å². The fourth-order valence-electron chi connectivity index (χ4n) is 3.24. The summed E-state index contributed by atoms with van der Waals surface area (Å²) < 4.78 is 30.6. The highest BCUT2D eigenvalue weighted by Crippen LogP contribution is 2.32. The zero-order chi connectivity index (χ0) is 26.9. The molecule has 1 aliphatic rings. The standard InChI is InChI=1S/C21H29NO13/c1-10(23)22-19-18(17(34-14(5)27)16(33-13(4)26)8-31-11(2)24)35-15(20(28)30-6)7-21(19,29)9-32-12(3)25/h7,16-19,29H,8-9H2,1-6H3,(H,22,23)/t16-,17-,18+,19+,21-/m1/s1. The van der Waals surface area contributed by atoms with Gasteiger partial charge in [0.2, 0.25) is 11.7 Å². The lowest BCUT2D eigenvalue weighted by molar-refractivity contribution is -0.196. The van der Waals surface area contributed by atoms with Gasteiger partial charge < -0.3 is 38.8 Å². The van der Waals surface area contributed by atoms with E-state index in [1.165, 1.54) is 0 Å². The minimum absolute atomic E-state index is 0.583. The first kappa shape index (κ1) is 29.4. The van der Waals surface area contributed by atoms with Gasteiger partial charge in [-0.1, -0.05) is 0 Å². The number of methoxy groups -OCH3 is 1. The predicted molar refractivity (Wildman–Crippen MR) is 112 cm³/mol. The van der Waals surface area contributed by atoms with E-state index in [1.54, 1.807) is 0 Å². The smallest absolute Gasteiger partial charge is 0.373 e. The van der Waals surface area contributed by atoms with Crippen molar-refractivity contribution in [3.05, 3.63) is 11.8 Å². The molecule has 0 radical (unpaired) electrons. The summed E-state index contributed by atoms with van der Waals surface area (Å²) in [5, 5.41) is 13.8. The van der Waals surface area contributed by atoms with Crippen LogP contribution in [0.25, 0.3) is 0 Å². The minimum Gasteiger partial charge on any atom is -0.477 e. The molecule has 1 heterocycles. The number of esters is 5. The maximum atomic E-state index is 12.3. The minimum atomic E-state index is -2.29. The third kappa shape index (κ3) is 8.88. The van der Waals surface area contributed by atoms with Crippen LogP contribution in [-0.2, 0) is 57.2 Å². The third-order valence-corrected chi connectivity index (χ3v) is 4.52. The van der Waals surface area contributed by atoms with E-state index in [9.17, 15) is 33.9 Å². The molecular formula is C21H29NO13. The van der Waals surface area contributed by atoms with Gasteiger partial charge >= 0.3 is 29.8 Å². The van der Waals surface area contributed by atoms with Gasteiger partial charge in [-0.25, -0.2) is 4.79 Å². The fraction of sp³-hybridized carbons (Fsp3) is 0.619. The van der Waals surface area contributed by atoms with Crippen LogP contribution in [0.4, 0.5) is 0 Å². The van der Waals surface area contributed by atoms with Crippen molar-refractivity contribution in [2.24, 2.45) is 0 Å². The highest BCUT2D eigenvalue weighted by molar-refractivity contribution is 5.87. The summed E-state index contributed by atoms with van der Waals surface area (Å²) in [7, 11) is 1.03. The number of carbonyl (C=O) groups excluding carboxylic acids is 6. The van der Waals surface area contributed by atoms with Crippen molar-refractivity contribution < 1.29 is 62.3 Å². The molecule has 1 amide bonds. The second kappa shape index (κ2) is 12.7. The Bertz CT molecular complexity index is 882. The van der Waals surface area contributed by atoms with Gasteiger partial charge in [0.1, 0.15) is 24.9 Å². The van der Waals surface area contributed by atoms with Crippen LogP contribution in [0.5, 0.6) is 0 Å². The Morgan fingerprint density at radius 1 is 0.971 bits per heavy atom. The molecule has 0 aliphatic carbocycles. The lowest BCUT2D eigenvalue weighted by Crippen LogP contribution is -2.67. The van der Waals surface area contributed by atoms with E-state index in [1.807, 2.05) is 0 Å². The van der Waals surface area contributed by atoms with Gasteiger partial charge in [0.15, 0.2) is 18.3 Å². The highest BCUT2D eigenvalue weighted by Gasteiger charge is 2.54. The molecule has 0 unspecified atom stereocenters. The zero-order valence-corrected chi connectivity index (χ0v) is 20.1. The second-order valence-corrected chi connectivity index (χ2v) is 7.56. The first-order valence-corrected chi connectivity index (χ1v) is 10.3. The highest BCUT2D eigenvalue weighted by atomic mass is 16.6. The zero-order valence-electron chi connectivity index (χ0n) is 20.1. The van der Waals surface area contributed by atoms with E-state index in [0.717, 1.165) is 47.8 Å². The molecule has 35 heavy (non-hydrogen) atoms. The molecule has 0 aromatic heterocycles. The van der Waals surface area contributed by atoms with Crippen molar-refractivity contribution in [3.8, 4) is 0 Å². The summed E-state index contributed by atoms with van der Waals surface area (Å²) >= 11 is 0. The van der Waals surface area contributed by atoms with Crippen molar-refractivity contribution >= 4 is 35.8 Å². The number of nitrogens with one attached hydrogen (secondary N) is 1. The molecule has 0 spiro atoms. The van der Waals surface area contributed by atoms with Crippen molar-refractivity contribution in [2.45, 2.75) is 64.6 Å². The molecule has 196 valence electrons. The molecule has 0 saturated heterocycles. The van der Waals surface area contributed by atoms with Crippen molar-refractivity contribution in [1.29, 1.82) is 0 Å². The van der Waals surface area contributed by atoms with Gasteiger partial charge in [0, 0.05) is 40.7 Å². The van der Waals surface area contributed by atoms with E-state index in [2.05, 4.69) is 10.1 Å². The maximum absolute atomic E-state index is 12.3. The number of hydrogen-bond acceptors (Lipinski definition) is 13. The van der Waals surface area contributed by atoms with Crippen molar-refractivity contribution in [3.63, 3.8) is 0 Å². The lowest BCUT2D eigenvalue weighted by atomic mass is 9.83. The number of hydrogen-bond donors (Lipinski definition) is 2. The van der Waals surface area contributed by atoms with E-state index in [0.29, 0.717) is 0 Å². The number of ether oxygens (including phenoxy) is 6.